The maximum absolute atomic E-state index is 4.61. The summed E-state index contributed by atoms with van der Waals surface area (Å²) in [5.41, 5.74) is 1.23. The van der Waals surface area contributed by atoms with Crippen LogP contribution in [0.3, 0.4) is 0 Å². The zero-order valence-corrected chi connectivity index (χ0v) is 18.9. The molecule has 5 nitrogen and oxygen atoms in total. The number of guanidine groups is 1. The molecule has 2 aliphatic heterocycles. The van der Waals surface area contributed by atoms with Crippen LogP contribution in [0.15, 0.2) is 10.4 Å². The van der Waals surface area contributed by atoms with Crippen molar-refractivity contribution in [1.29, 1.82) is 0 Å². The van der Waals surface area contributed by atoms with Crippen LogP contribution in [0.2, 0.25) is 0 Å². The third-order valence-corrected chi connectivity index (χ3v) is 8.02. The number of piperidine rings is 1. The third-order valence-electron chi connectivity index (χ3n) is 5.66. The maximum atomic E-state index is 4.61. The van der Waals surface area contributed by atoms with Gasteiger partial charge in [0.2, 0.25) is 0 Å². The Morgan fingerprint density at radius 2 is 2.11 bits per heavy atom. The molecule has 7 heteroatoms. The Balaban J connectivity index is 1.40. The first kappa shape index (κ1) is 20.9. The van der Waals surface area contributed by atoms with Gasteiger partial charge in [-0.3, -0.25) is 9.89 Å². The molecule has 0 saturated carbocycles. The molecular formula is C20H35N5S2. The van der Waals surface area contributed by atoms with E-state index in [0.29, 0.717) is 0 Å². The first-order chi connectivity index (χ1) is 13.0. The summed E-state index contributed by atoms with van der Waals surface area (Å²) in [5.74, 6) is 3.77. The van der Waals surface area contributed by atoms with E-state index in [1.807, 2.05) is 7.05 Å². The number of nitrogens with zero attached hydrogens (tertiary/aromatic N) is 4. The van der Waals surface area contributed by atoms with E-state index in [1.165, 1.54) is 42.4 Å². The molecule has 1 N–H and O–H groups in total. The van der Waals surface area contributed by atoms with Crippen molar-refractivity contribution in [1.82, 2.24) is 20.1 Å². The van der Waals surface area contributed by atoms with Gasteiger partial charge in [0.25, 0.3) is 0 Å². The van der Waals surface area contributed by atoms with Crippen molar-refractivity contribution in [3.8, 4) is 0 Å². The van der Waals surface area contributed by atoms with E-state index < -0.39 is 0 Å². The lowest BCUT2D eigenvalue weighted by atomic mass is 9.97. The van der Waals surface area contributed by atoms with Crippen LogP contribution < -0.4 is 5.32 Å². The summed E-state index contributed by atoms with van der Waals surface area (Å²) in [6, 6.07) is 0. The second kappa shape index (κ2) is 10.1. The highest BCUT2D eigenvalue weighted by Crippen LogP contribution is 2.25. The number of hydrogen-bond donors (Lipinski definition) is 1. The summed E-state index contributed by atoms with van der Waals surface area (Å²) < 4.78 is 0. The van der Waals surface area contributed by atoms with E-state index in [9.17, 15) is 0 Å². The van der Waals surface area contributed by atoms with Gasteiger partial charge in [-0.15, -0.1) is 11.3 Å². The number of rotatable bonds is 5. The zero-order valence-electron chi connectivity index (χ0n) is 17.3. The van der Waals surface area contributed by atoms with E-state index >= 15 is 0 Å². The summed E-state index contributed by atoms with van der Waals surface area (Å²) in [4.78, 5) is 14.2. The average molecular weight is 410 g/mol. The standard InChI is InChI=1S/C20H35N5S2/c1-15(2)19-13-25(9-10-26-19)20(21-4)22-11-17-5-7-24(8-6-17)12-18-14-27-16(3)23-18/h14-15,17,19H,5-13H2,1-4H3,(H,21,22). The van der Waals surface area contributed by atoms with Crippen LogP contribution in [0.5, 0.6) is 0 Å². The van der Waals surface area contributed by atoms with Crippen LogP contribution in [0.4, 0.5) is 0 Å². The molecule has 1 aromatic heterocycles. The second-order valence-corrected chi connectivity index (χ2v) is 10.5. The SMILES string of the molecule is CN=C(NCC1CCN(Cc2csc(C)n2)CC1)N1CCSC(C(C)C)C1. The monoisotopic (exact) mass is 409 g/mol. The molecule has 1 aromatic rings. The van der Waals surface area contributed by atoms with Gasteiger partial charge in [-0.25, -0.2) is 4.98 Å². The van der Waals surface area contributed by atoms with Crippen LogP contribution in [0.1, 0.15) is 37.4 Å². The molecule has 2 aliphatic rings. The number of likely N-dealkylation sites (tertiary alicyclic amines) is 1. The van der Waals surface area contributed by atoms with Crippen molar-refractivity contribution in [3.63, 3.8) is 0 Å². The van der Waals surface area contributed by atoms with E-state index in [4.69, 9.17) is 0 Å². The van der Waals surface area contributed by atoms with Crippen LogP contribution >= 0.6 is 23.1 Å². The Labute approximate surface area is 173 Å². The minimum Gasteiger partial charge on any atom is -0.356 e. The van der Waals surface area contributed by atoms with Crippen LogP contribution in [-0.2, 0) is 6.54 Å². The molecule has 152 valence electrons. The van der Waals surface area contributed by atoms with Crippen LogP contribution in [-0.4, -0.2) is 71.5 Å². The van der Waals surface area contributed by atoms with Gasteiger partial charge in [0.1, 0.15) is 0 Å². The third kappa shape index (κ3) is 6.09. The molecule has 1 unspecified atom stereocenters. The van der Waals surface area contributed by atoms with Crippen molar-refractivity contribution in [2.24, 2.45) is 16.8 Å². The van der Waals surface area contributed by atoms with E-state index in [-0.39, 0.29) is 0 Å². The van der Waals surface area contributed by atoms with Gasteiger partial charge >= 0.3 is 0 Å². The van der Waals surface area contributed by atoms with Crippen molar-refractivity contribution in [2.75, 3.05) is 45.5 Å². The van der Waals surface area contributed by atoms with Crippen LogP contribution in [0, 0.1) is 18.8 Å². The average Bonchev–Trinajstić information content (AvgIpc) is 3.08. The highest BCUT2D eigenvalue weighted by Gasteiger charge is 2.26. The summed E-state index contributed by atoms with van der Waals surface area (Å²) in [7, 11) is 1.92. The van der Waals surface area contributed by atoms with Gasteiger partial charge in [0.05, 0.1) is 10.7 Å². The van der Waals surface area contributed by atoms with Gasteiger partial charge in [-0.05, 0) is 44.7 Å². The van der Waals surface area contributed by atoms with E-state index in [2.05, 4.69) is 63.0 Å². The largest absolute Gasteiger partial charge is 0.356 e. The second-order valence-electron chi connectivity index (χ2n) is 8.10. The fourth-order valence-electron chi connectivity index (χ4n) is 3.90. The minimum atomic E-state index is 0.717. The number of thiazole rings is 1. The van der Waals surface area contributed by atoms with Gasteiger partial charge in [0.15, 0.2) is 5.96 Å². The Hall–Kier alpha value is -0.790. The summed E-state index contributed by atoms with van der Waals surface area (Å²) in [6.45, 7) is 13.4. The number of aliphatic imine (C=N–C) groups is 1. The fourth-order valence-corrected chi connectivity index (χ4v) is 5.80. The van der Waals surface area contributed by atoms with Gasteiger partial charge in [-0.1, -0.05) is 13.8 Å². The van der Waals surface area contributed by atoms with Crippen molar-refractivity contribution in [2.45, 2.75) is 45.4 Å². The number of hydrogen-bond acceptors (Lipinski definition) is 5. The molecule has 3 heterocycles. The molecule has 0 spiro atoms. The lowest BCUT2D eigenvalue weighted by molar-refractivity contribution is 0.176. The van der Waals surface area contributed by atoms with Gasteiger partial charge in [0, 0.05) is 49.6 Å². The van der Waals surface area contributed by atoms with Crippen molar-refractivity contribution >= 4 is 29.1 Å². The first-order valence-corrected chi connectivity index (χ1v) is 12.2. The fraction of sp³-hybridized carbons (Fsp3) is 0.800. The topological polar surface area (TPSA) is 43.8 Å². The molecule has 0 bridgehead atoms. The lowest BCUT2D eigenvalue weighted by Gasteiger charge is -2.37. The predicted octanol–water partition coefficient (Wildman–Crippen LogP) is 3.31. The minimum absolute atomic E-state index is 0.717. The molecule has 0 aromatic carbocycles. The summed E-state index contributed by atoms with van der Waals surface area (Å²) in [6.07, 6.45) is 2.52. The number of aryl methyl sites for hydroxylation is 1. The Morgan fingerprint density at radius 1 is 1.33 bits per heavy atom. The van der Waals surface area contributed by atoms with E-state index in [1.54, 1.807) is 11.3 Å². The zero-order chi connectivity index (χ0) is 19.2. The number of aromatic nitrogens is 1. The molecule has 27 heavy (non-hydrogen) atoms. The molecule has 0 radical (unpaired) electrons. The molecule has 0 amide bonds. The molecule has 3 rings (SSSR count). The normalized spacial score (nSPS) is 23.2. The quantitative estimate of drug-likeness (QED) is 0.597. The number of nitrogens with one attached hydrogen (secondary N) is 1. The Bertz CT molecular complexity index is 607. The summed E-state index contributed by atoms with van der Waals surface area (Å²) in [5, 5.41) is 7.77. The lowest BCUT2D eigenvalue weighted by Crippen LogP contribution is -2.50. The predicted molar refractivity (Wildman–Crippen MR) is 119 cm³/mol. The number of thioether (sulfide) groups is 1. The molecule has 2 fully saturated rings. The molecule has 2 saturated heterocycles. The van der Waals surface area contributed by atoms with E-state index in [0.717, 1.165) is 49.2 Å². The highest BCUT2D eigenvalue weighted by atomic mass is 32.2. The van der Waals surface area contributed by atoms with Gasteiger partial charge in [-0.2, -0.15) is 11.8 Å². The maximum Gasteiger partial charge on any atom is 0.193 e. The molecule has 0 aliphatic carbocycles. The molecular weight excluding hydrogens is 374 g/mol. The van der Waals surface area contributed by atoms with Crippen molar-refractivity contribution < 1.29 is 0 Å². The Kier molecular flexibility index (Phi) is 7.85. The summed E-state index contributed by atoms with van der Waals surface area (Å²) >= 11 is 3.87. The van der Waals surface area contributed by atoms with Gasteiger partial charge < -0.3 is 10.2 Å². The Morgan fingerprint density at radius 3 is 2.74 bits per heavy atom. The highest BCUT2D eigenvalue weighted by molar-refractivity contribution is 8.00. The van der Waals surface area contributed by atoms with Crippen molar-refractivity contribution in [3.05, 3.63) is 16.1 Å². The molecule has 1 atom stereocenters. The van der Waals surface area contributed by atoms with Crippen LogP contribution in [0.25, 0.3) is 0 Å². The first-order valence-electron chi connectivity index (χ1n) is 10.3. The smallest absolute Gasteiger partial charge is 0.193 e.